The first-order valence-electron chi connectivity index (χ1n) is 8.33. The zero-order chi connectivity index (χ0) is 17.8. The molecule has 1 amide bonds. The molecular formula is C17H32N2O4. The fraction of sp³-hybridized carbons (Fsp3) is 0.941. The largest absolute Gasteiger partial charge is 0.394 e. The topological polar surface area (TPSA) is 73.2 Å². The Morgan fingerprint density at radius 3 is 2.04 bits per heavy atom. The Hall–Kier alpha value is -0.690. The van der Waals surface area contributed by atoms with E-state index >= 15 is 0 Å². The van der Waals surface area contributed by atoms with E-state index in [9.17, 15) is 9.90 Å². The number of amides is 1. The monoisotopic (exact) mass is 328 g/mol. The molecular weight excluding hydrogens is 296 g/mol. The predicted octanol–water partition coefficient (Wildman–Crippen LogP) is 0.956. The standard InChI is InChI=1S/C17H32N2O4/c1-14(2)10-17(11-15(3,4)18(14)7)13(22)19(8-12(21)9-20)16(5,6)23-17/h12,20-21H,8-11H2,1-7H3. The number of β-amino-alcohol motifs (C(OH)–C–C–N with tert-alkyl or cyclic N) is 1. The van der Waals surface area contributed by atoms with Crippen LogP contribution in [0.25, 0.3) is 0 Å². The van der Waals surface area contributed by atoms with Gasteiger partial charge in [0.25, 0.3) is 5.91 Å². The van der Waals surface area contributed by atoms with Crippen LogP contribution in [0.15, 0.2) is 0 Å². The summed E-state index contributed by atoms with van der Waals surface area (Å²) in [6, 6.07) is 0. The molecule has 1 atom stereocenters. The zero-order valence-corrected chi connectivity index (χ0v) is 15.5. The molecule has 2 fully saturated rings. The van der Waals surface area contributed by atoms with Gasteiger partial charge in [-0.3, -0.25) is 9.69 Å². The van der Waals surface area contributed by atoms with Gasteiger partial charge < -0.3 is 19.8 Å². The lowest BCUT2D eigenvalue weighted by Crippen LogP contribution is -2.66. The average molecular weight is 328 g/mol. The lowest BCUT2D eigenvalue weighted by molar-refractivity contribution is -0.181. The smallest absolute Gasteiger partial charge is 0.257 e. The van der Waals surface area contributed by atoms with Crippen LogP contribution in [-0.2, 0) is 9.53 Å². The molecule has 1 unspecified atom stereocenters. The van der Waals surface area contributed by atoms with Gasteiger partial charge in [-0.25, -0.2) is 0 Å². The minimum absolute atomic E-state index is 0.0794. The van der Waals surface area contributed by atoms with Gasteiger partial charge in [0.15, 0.2) is 5.60 Å². The van der Waals surface area contributed by atoms with E-state index in [1.807, 2.05) is 13.8 Å². The number of aliphatic hydroxyl groups excluding tert-OH is 2. The van der Waals surface area contributed by atoms with Crippen molar-refractivity contribution in [2.24, 2.45) is 0 Å². The molecule has 2 aliphatic heterocycles. The van der Waals surface area contributed by atoms with Crippen LogP contribution >= 0.6 is 0 Å². The van der Waals surface area contributed by atoms with Crippen LogP contribution in [0.5, 0.6) is 0 Å². The number of nitrogens with zero attached hydrogens (tertiary/aromatic N) is 2. The van der Waals surface area contributed by atoms with Crippen LogP contribution in [-0.4, -0.2) is 74.6 Å². The first-order valence-corrected chi connectivity index (χ1v) is 8.33. The predicted molar refractivity (Wildman–Crippen MR) is 87.9 cm³/mol. The lowest BCUT2D eigenvalue weighted by Gasteiger charge is -2.56. The third-order valence-electron chi connectivity index (χ3n) is 5.59. The van der Waals surface area contributed by atoms with E-state index in [4.69, 9.17) is 9.84 Å². The average Bonchev–Trinajstić information content (AvgIpc) is 2.55. The normalized spacial score (nSPS) is 30.0. The molecule has 2 saturated heterocycles. The van der Waals surface area contributed by atoms with Gasteiger partial charge in [0.1, 0.15) is 5.72 Å². The molecule has 0 aliphatic carbocycles. The number of hydrogen-bond acceptors (Lipinski definition) is 5. The van der Waals surface area contributed by atoms with Crippen molar-refractivity contribution in [3.05, 3.63) is 0 Å². The highest BCUT2D eigenvalue weighted by atomic mass is 16.6. The van der Waals surface area contributed by atoms with Crippen molar-refractivity contribution in [3.63, 3.8) is 0 Å². The van der Waals surface area contributed by atoms with Crippen molar-refractivity contribution in [1.82, 2.24) is 9.80 Å². The van der Waals surface area contributed by atoms with Crippen molar-refractivity contribution in [1.29, 1.82) is 0 Å². The Morgan fingerprint density at radius 1 is 1.13 bits per heavy atom. The van der Waals surface area contributed by atoms with E-state index in [2.05, 4.69) is 39.6 Å². The lowest BCUT2D eigenvalue weighted by atomic mass is 9.71. The molecule has 0 aromatic rings. The summed E-state index contributed by atoms with van der Waals surface area (Å²) in [7, 11) is 2.09. The second-order valence-electron chi connectivity index (χ2n) is 8.83. The molecule has 134 valence electrons. The number of ether oxygens (including phenoxy) is 1. The van der Waals surface area contributed by atoms with Crippen molar-refractivity contribution < 1.29 is 19.7 Å². The molecule has 2 N–H and O–H groups in total. The van der Waals surface area contributed by atoms with Gasteiger partial charge in [0.2, 0.25) is 0 Å². The number of carbonyl (C=O) groups is 1. The maximum absolute atomic E-state index is 13.2. The third-order valence-corrected chi connectivity index (χ3v) is 5.59. The van der Waals surface area contributed by atoms with Crippen molar-refractivity contribution >= 4 is 5.91 Å². The number of likely N-dealkylation sites (tertiary alicyclic amines) is 1. The molecule has 1 spiro atoms. The van der Waals surface area contributed by atoms with E-state index in [1.54, 1.807) is 4.90 Å². The Bertz CT molecular complexity index is 469. The Kier molecular flexibility index (Phi) is 4.39. The first-order chi connectivity index (χ1) is 10.3. The fourth-order valence-corrected chi connectivity index (χ4v) is 4.38. The molecule has 0 saturated carbocycles. The Morgan fingerprint density at radius 2 is 1.61 bits per heavy atom. The summed E-state index contributed by atoms with van der Waals surface area (Å²) in [6.45, 7) is 11.9. The second kappa shape index (κ2) is 5.41. The van der Waals surface area contributed by atoms with E-state index in [0.29, 0.717) is 12.8 Å². The Balaban J connectivity index is 2.38. The molecule has 0 aromatic heterocycles. The molecule has 0 aromatic carbocycles. The molecule has 0 radical (unpaired) electrons. The summed E-state index contributed by atoms with van der Waals surface area (Å²) in [5.41, 5.74) is -2.04. The van der Waals surface area contributed by atoms with Gasteiger partial charge >= 0.3 is 0 Å². The van der Waals surface area contributed by atoms with E-state index in [1.165, 1.54) is 0 Å². The van der Waals surface area contributed by atoms with Gasteiger partial charge in [0.05, 0.1) is 19.3 Å². The van der Waals surface area contributed by atoms with Crippen LogP contribution in [0.2, 0.25) is 0 Å². The fourth-order valence-electron chi connectivity index (χ4n) is 4.38. The van der Waals surface area contributed by atoms with Gasteiger partial charge in [-0.05, 0) is 48.6 Å². The maximum atomic E-state index is 13.2. The van der Waals surface area contributed by atoms with E-state index in [-0.39, 0.29) is 30.1 Å². The summed E-state index contributed by atoms with van der Waals surface area (Å²) in [5, 5.41) is 18.9. The minimum atomic E-state index is -0.954. The highest BCUT2D eigenvalue weighted by molar-refractivity contribution is 5.88. The molecule has 6 nitrogen and oxygen atoms in total. The zero-order valence-electron chi connectivity index (χ0n) is 15.5. The summed E-state index contributed by atoms with van der Waals surface area (Å²) >= 11 is 0. The summed E-state index contributed by atoms with van der Waals surface area (Å²) < 4.78 is 6.32. The van der Waals surface area contributed by atoms with Gasteiger partial charge in [-0.15, -0.1) is 0 Å². The van der Waals surface area contributed by atoms with Gasteiger partial charge in [0, 0.05) is 23.9 Å². The highest BCUT2D eigenvalue weighted by Gasteiger charge is 2.63. The van der Waals surface area contributed by atoms with Crippen LogP contribution < -0.4 is 0 Å². The van der Waals surface area contributed by atoms with E-state index in [0.717, 1.165) is 0 Å². The number of aliphatic hydroxyl groups is 2. The molecule has 2 aliphatic rings. The van der Waals surface area contributed by atoms with Gasteiger partial charge in [-0.2, -0.15) is 0 Å². The van der Waals surface area contributed by atoms with Crippen LogP contribution in [0.4, 0.5) is 0 Å². The van der Waals surface area contributed by atoms with Crippen LogP contribution in [0.3, 0.4) is 0 Å². The number of hydrogen-bond donors (Lipinski definition) is 2. The highest BCUT2D eigenvalue weighted by Crippen LogP contribution is 2.50. The summed E-state index contributed by atoms with van der Waals surface area (Å²) in [4.78, 5) is 17.1. The van der Waals surface area contributed by atoms with Crippen molar-refractivity contribution in [2.75, 3.05) is 20.2 Å². The third kappa shape index (κ3) is 3.02. The molecule has 6 heteroatoms. The molecule has 2 heterocycles. The molecule has 23 heavy (non-hydrogen) atoms. The van der Waals surface area contributed by atoms with Crippen molar-refractivity contribution in [3.8, 4) is 0 Å². The summed E-state index contributed by atoms with van der Waals surface area (Å²) in [6.07, 6.45) is 0.256. The summed E-state index contributed by atoms with van der Waals surface area (Å²) in [5.74, 6) is -0.0794. The van der Waals surface area contributed by atoms with Gasteiger partial charge in [-0.1, -0.05) is 0 Å². The van der Waals surface area contributed by atoms with E-state index < -0.39 is 17.4 Å². The van der Waals surface area contributed by atoms with Crippen LogP contribution in [0, 0.1) is 0 Å². The van der Waals surface area contributed by atoms with Crippen LogP contribution in [0.1, 0.15) is 54.4 Å². The quantitative estimate of drug-likeness (QED) is 0.807. The molecule has 0 bridgehead atoms. The number of carbonyl (C=O) groups excluding carboxylic acids is 1. The maximum Gasteiger partial charge on any atom is 0.257 e. The first kappa shape index (κ1) is 18.6. The SMILES string of the molecule is CN1C(C)(C)CC2(CC1(C)C)OC(C)(C)N(CC(O)CO)C2=O. The van der Waals surface area contributed by atoms with Crippen molar-refractivity contribution in [2.45, 2.75) is 82.9 Å². The number of piperidine rings is 1. The minimum Gasteiger partial charge on any atom is -0.394 e. The molecule has 2 rings (SSSR count). The Labute approximate surface area is 139 Å². The second-order valence-corrected chi connectivity index (χ2v) is 8.83. The number of rotatable bonds is 3.